The number of likely N-dealkylation sites (tertiary alicyclic amines) is 1. The number of aliphatic carboxylic acids is 1. The van der Waals surface area contributed by atoms with Gasteiger partial charge in [0.25, 0.3) is 0 Å². The van der Waals surface area contributed by atoms with E-state index in [1.807, 2.05) is 0 Å². The molecule has 0 bridgehead atoms. The number of carbonyl (C=O) groups excluding carboxylic acids is 3. The first kappa shape index (κ1) is 27.4. The van der Waals surface area contributed by atoms with Crippen LogP contribution in [0.2, 0.25) is 0 Å². The van der Waals surface area contributed by atoms with Crippen LogP contribution in [-0.2, 0) is 25.6 Å². The van der Waals surface area contributed by atoms with E-state index in [1.54, 1.807) is 12.1 Å². The van der Waals surface area contributed by atoms with Crippen LogP contribution >= 0.6 is 0 Å². The molecule has 4 atom stereocenters. The van der Waals surface area contributed by atoms with Gasteiger partial charge in [-0.2, -0.15) is 0 Å². The number of hydrogen-bond acceptors (Lipinski definition) is 7. The zero-order valence-electron chi connectivity index (χ0n) is 20.4. The molecule has 11 nitrogen and oxygen atoms in total. The molecule has 1 aromatic rings. The standard InChI is InChI=1S/C25H37N5O6/c26-12-2-1-5-19(25(35)36)28-23(33)21-7-4-14-30(21)24(34)20(15-16-8-10-17(31)11-9-16)29-22(32)18-6-3-13-27-18/h8-11,18-21,27,31H,1-7,12-15,26H2,(H,28,33)(H,29,32)(H,35,36). The molecule has 11 heteroatoms. The number of carboxylic acids is 1. The van der Waals surface area contributed by atoms with E-state index in [-0.39, 0.29) is 36.4 Å². The van der Waals surface area contributed by atoms with E-state index in [4.69, 9.17) is 5.73 Å². The maximum atomic E-state index is 13.6. The van der Waals surface area contributed by atoms with Crippen LogP contribution in [0, 0.1) is 0 Å². The van der Waals surface area contributed by atoms with Gasteiger partial charge in [-0.25, -0.2) is 4.79 Å². The highest BCUT2D eigenvalue weighted by Crippen LogP contribution is 2.21. The molecule has 0 radical (unpaired) electrons. The average Bonchev–Trinajstić information content (AvgIpc) is 3.56. The van der Waals surface area contributed by atoms with Crippen LogP contribution in [0.5, 0.6) is 5.75 Å². The molecule has 0 saturated carbocycles. The monoisotopic (exact) mass is 503 g/mol. The van der Waals surface area contributed by atoms with Gasteiger partial charge in [0.1, 0.15) is 23.9 Å². The second-order valence-electron chi connectivity index (χ2n) is 9.45. The van der Waals surface area contributed by atoms with Gasteiger partial charge < -0.3 is 36.8 Å². The quantitative estimate of drug-likeness (QED) is 0.214. The number of amides is 3. The summed E-state index contributed by atoms with van der Waals surface area (Å²) in [6, 6.07) is 3.26. The maximum Gasteiger partial charge on any atom is 0.326 e. The summed E-state index contributed by atoms with van der Waals surface area (Å²) in [4.78, 5) is 52.6. The third-order valence-corrected chi connectivity index (χ3v) is 6.77. The second-order valence-corrected chi connectivity index (χ2v) is 9.45. The number of carbonyl (C=O) groups is 4. The van der Waals surface area contributed by atoms with Crippen molar-refractivity contribution in [3.63, 3.8) is 0 Å². The van der Waals surface area contributed by atoms with E-state index in [1.165, 1.54) is 17.0 Å². The number of benzene rings is 1. The molecule has 4 unspecified atom stereocenters. The Morgan fingerprint density at radius 1 is 1.03 bits per heavy atom. The van der Waals surface area contributed by atoms with Gasteiger partial charge in [0.05, 0.1) is 6.04 Å². The second kappa shape index (κ2) is 13.2. The van der Waals surface area contributed by atoms with Crippen LogP contribution in [0.4, 0.5) is 0 Å². The fourth-order valence-corrected chi connectivity index (χ4v) is 4.77. The summed E-state index contributed by atoms with van der Waals surface area (Å²) in [5.74, 6) is -2.19. The Balaban J connectivity index is 1.72. The summed E-state index contributed by atoms with van der Waals surface area (Å²) in [5.41, 5.74) is 6.23. The van der Waals surface area contributed by atoms with E-state index in [0.717, 1.165) is 18.5 Å². The van der Waals surface area contributed by atoms with Gasteiger partial charge in [-0.3, -0.25) is 14.4 Å². The Labute approximate surface area is 210 Å². The number of nitrogens with one attached hydrogen (secondary N) is 3. The molecular formula is C25H37N5O6. The SMILES string of the molecule is NCCCCC(NC(=O)C1CCCN1C(=O)C(Cc1ccc(O)cc1)NC(=O)C1CCCN1)C(=O)O. The zero-order valence-corrected chi connectivity index (χ0v) is 20.4. The van der Waals surface area contributed by atoms with Crippen molar-refractivity contribution in [1.29, 1.82) is 0 Å². The molecule has 2 saturated heterocycles. The number of phenolic OH excluding ortho intramolecular Hbond substituents is 1. The summed E-state index contributed by atoms with van der Waals surface area (Å²) in [6.45, 7) is 1.51. The van der Waals surface area contributed by atoms with Crippen LogP contribution in [0.3, 0.4) is 0 Å². The number of carboxylic acid groups (broad SMARTS) is 1. The molecule has 198 valence electrons. The third-order valence-electron chi connectivity index (χ3n) is 6.77. The Morgan fingerprint density at radius 3 is 2.39 bits per heavy atom. The molecule has 0 spiro atoms. The first-order valence-electron chi connectivity index (χ1n) is 12.7. The molecule has 36 heavy (non-hydrogen) atoms. The van der Waals surface area contributed by atoms with Crippen molar-refractivity contribution in [3.8, 4) is 5.75 Å². The van der Waals surface area contributed by atoms with Gasteiger partial charge in [0.15, 0.2) is 0 Å². The lowest BCUT2D eigenvalue weighted by Gasteiger charge is -2.30. The first-order valence-corrected chi connectivity index (χ1v) is 12.7. The van der Waals surface area contributed by atoms with Gasteiger partial charge in [-0.05, 0) is 75.7 Å². The lowest BCUT2D eigenvalue weighted by Crippen LogP contribution is -2.57. The predicted octanol–water partition coefficient (Wildman–Crippen LogP) is -0.139. The largest absolute Gasteiger partial charge is 0.508 e. The minimum absolute atomic E-state index is 0.0940. The summed E-state index contributed by atoms with van der Waals surface area (Å²) >= 11 is 0. The van der Waals surface area contributed by atoms with E-state index < -0.39 is 30.0 Å². The van der Waals surface area contributed by atoms with Crippen LogP contribution in [0.15, 0.2) is 24.3 Å². The van der Waals surface area contributed by atoms with Crippen molar-refractivity contribution in [2.24, 2.45) is 5.73 Å². The lowest BCUT2D eigenvalue weighted by molar-refractivity contribution is -0.145. The number of hydrogen-bond donors (Lipinski definition) is 6. The molecule has 3 rings (SSSR count). The summed E-state index contributed by atoms with van der Waals surface area (Å²) in [5, 5.41) is 27.7. The van der Waals surface area contributed by atoms with Gasteiger partial charge in [0.2, 0.25) is 17.7 Å². The predicted molar refractivity (Wildman–Crippen MR) is 132 cm³/mol. The summed E-state index contributed by atoms with van der Waals surface area (Å²) < 4.78 is 0. The lowest BCUT2D eigenvalue weighted by atomic mass is 10.0. The molecule has 2 aliphatic heterocycles. The van der Waals surface area contributed by atoms with E-state index >= 15 is 0 Å². The zero-order chi connectivity index (χ0) is 26.1. The number of aromatic hydroxyl groups is 1. The van der Waals surface area contributed by atoms with Crippen LogP contribution in [0.1, 0.15) is 50.5 Å². The number of rotatable bonds is 12. The number of nitrogens with zero attached hydrogens (tertiary/aromatic N) is 1. The highest BCUT2D eigenvalue weighted by atomic mass is 16.4. The van der Waals surface area contributed by atoms with E-state index in [0.29, 0.717) is 45.2 Å². The molecule has 2 fully saturated rings. The molecule has 1 aromatic carbocycles. The van der Waals surface area contributed by atoms with E-state index in [9.17, 15) is 29.4 Å². The van der Waals surface area contributed by atoms with Crippen LogP contribution < -0.4 is 21.7 Å². The first-order chi connectivity index (χ1) is 17.3. The molecule has 2 aliphatic rings. The van der Waals surface area contributed by atoms with E-state index in [2.05, 4.69) is 16.0 Å². The number of phenols is 1. The minimum atomic E-state index is -1.13. The Morgan fingerprint density at radius 2 is 1.75 bits per heavy atom. The van der Waals surface area contributed by atoms with Gasteiger partial charge in [-0.1, -0.05) is 12.1 Å². The Hall–Kier alpha value is -3.18. The topological polar surface area (TPSA) is 174 Å². The molecule has 0 aliphatic carbocycles. The fourth-order valence-electron chi connectivity index (χ4n) is 4.77. The summed E-state index contributed by atoms with van der Waals surface area (Å²) in [6.07, 6.45) is 4.24. The smallest absolute Gasteiger partial charge is 0.326 e. The normalized spacial score (nSPS) is 21.1. The molecular weight excluding hydrogens is 466 g/mol. The van der Waals surface area contributed by atoms with Crippen molar-refractivity contribution >= 4 is 23.7 Å². The minimum Gasteiger partial charge on any atom is -0.508 e. The van der Waals surface area contributed by atoms with Crippen molar-refractivity contribution in [3.05, 3.63) is 29.8 Å². The van der Waals surface area contributed by atoms with Crippen molar-refractivity contribution < 1.29 is 29.4 Å². The molecule has 0 aromatic heterocycles. The number of nitrogens with two attached hydrogens (primary N) is 1. The number of unbranched alkanes of at least 4 members (excludes halogenated alkanes) is 1. The fraction of sp³-hybridized carbons (Fsp3) is 0.600. The van der Waals surface area contributed by atoms with Crippen molar-refractivity contribution in [2.45, 2.75) is 75.5 Å². The highest BCUT2D eigenvalue weighted by molar-refractivity contribution is 5.94. The van der Waals surface area contributed by atoms with Crippen LogP contribution in [0.25, 0.3) is 0 Å². The highest BCUT2D eigenvalue weighted by Gasteiger charge is 2.39. The Bertz CT molecular complexity index is 918. The van der Waals surface area contributed by atoms with Crippen LogP contribution in [-0.4, -0.2) is 82.6 Å². The Kier molecular flexibility index (Phi) is 10.1. The molecule has 7 N–H and O–H groups in total. The van der Waals surface area contributed by atoms with Gasteiger partial charge in [-0.15, -0.1) is 0 Å². The third kappa shape index (κ3) is 7.41. The van der Waals surface area contributed by atoms with Gasteiger partial charge in [0, 0.05) is 13.0 Å². The maximum absolute atomic E-state index is 13.6. The summed E-state index contributed by atoms with van der Waals surface area (Å²) in [7, 11) is 0. The van der Waals surface area contributed by atoms with Crippen molar-refractivity contribution in [2.75, 3.05) is 19.6 Å². The molecule has 2 heterocycles. The van der Waals surface area contributed by atoms with Crippen molar-refractivity contribution in [1.82, 2.24) is 20.9 Å². The van der Waals surface area contributed by atoms with Gasteiger partial charge >= 0.3 is 5.97 Å². The average molecular weight is 504 g/mol. The molecule has 3 amide bonds.